The molecule has 0 radical (unpaired) electrons. The molecule has 0 aromatic heterocycles. The number of carbonyl (C=O) groups excluding carboxylic acids is 2. The van der Waals surface area contributed by atoms with Gasteiger partial charge in [0.1, 0.15) is 11.3 Å². The zero-order chi connectivity index (χ0) is 31.4. The lowest BCUT2D eigenvalue weighted by molar-refractivity contribution is -0.135. The summed E-state index contributed by atoms with van der Waals surface area (Å²) in [7, 11) is 1.73. The summed E-state index contributed by atoms with van der Waals surface area (Å²) in [6, 6.07) is 0. The number of ether oxygens (including phenoxy) is 4. The van der Waals surface area contributed by atoms with Crippen molar-refractivity contribution in [2.75, 3.05) is 20.3 Å². The third-order valence-electron chi connectivity index (χ3n) is 10.7. The van der Waals surface area contributed by atoms with E-state index in [2.05, 4.69) is 52.8 Å². The summed E-state index contributed by atoms with van der Waals surface area (Å²) in [5.74, 6) is -0.447. The van der Waals surface area contributed by atoms with Crippen molar-refractivity contribution in [1.29, 1.82) is 0 Å². The third kappa shape index (κ3) is 7.63. The predicted octanol–water partition coefficient (Wildman–Crippen LogP) is 5.74. The third-order valence-corrected chi connectivity index (χ3v) is 10.7. The molecular weight excluding hydrogens is 548 g/mol. The van der Waals surface area contributed by atoms with E-state index in [1.54, 1.807) is 7.11 Å². The quantitative estimate of drug-likeness (QED) is 0.107. The normalized spacial score (nSPS) is 39.2. The minimum Gasteiger partial charge on any atom is -0.511 e. The molecule has 242 valence electrons. The Balaban J connectivity index is 1.48. The van der Waals surface area contributed by atoms with Crippen molar-refractivity contribution in [3.63, 3.8) is 0 Å². The first-order valence-electron chi connectivity index (χ1n) is 16.4. The molecule has 8 nitrogen and oxygen atoms in total. The maximum atomic E-state index is 12.3. The minimum absolute atomic E-state index is 0.0116. The van der Waals surface area contributed by atoms with Crippen LogP contribution in [-0.4, -0.2) is 72.8 Å². The minimum atomic E-state index is -0.739. The van der Waals surface area contributed by atoms with Crippen LogP contribution in [0, 0.1) is 41.4 Å². The van der Waals surface area contributed by atoms with Gasteiger partial charge in [-0.3, -0.25) is 4.79 Å². The average molecular weight is 603 g/mol. The number of aliphatic hydroxyl groups excluding tert-OH is 2. The van der Waals surface area contributed by atoms with E-state index in [9.17, 15) is 19.8 Å². The van der Waals surface area contributed by atoms with E-state index in [4.69, 9.17) is 18.9 Å². The Labute approximate surface area is 257 Å². The Morgan fingerprint density at radius 3 is 2.42 bits per heavy atom. The van der Waals surface area contributed by atoms with Crippen LogP contribution >= 0.6 is 0 Å². The number of hydrogen-bond donors (Lipinski definition) is 2. The van der Waals surface area contributed by atoms with Gasteiger partial charge < -0.3 is 29.2 Å². The van der Waals surface area contributed by atoms with E-state index in [1.165, 1.54) is 0 Å². The number of rotatable bonds is 10. The summed E-state index contributed by atoms with van der Waals surface area (Å²) in [5, 5.41) is 21.6. The summed E-state index contributed by atoms with van der Waals surface area (Å²) in [4.78, 5) is 24.4. The Hall–Kier alpha value is -2.00. The monoisotopic (exact) mass is 602 g/mol. The summed E-state index contributed by atoms with van der Waals surface area (Å²) in [5.41, 5.74) is 0.673. The molecule has 4 rings (SSSR count). The summed E-state index contributed by atoms with van der Waals surface area (Å²) in [6.07, 6.45) is 12.5. The number of ketones is 1. The number of hydrogen-bond acceptors (Lipinski definition) is 8. The number of aliphatic hydroxyl groups is 2. The SMILES string of the molecule is CO[C@@H](C)C1C[C@H](C)C([C@@H](C)/C=C/[C@@H]2CC[C@@H](C)[C@H](/C(=C/[C@H]3CCC[C@@H](C)[C@@H]3[C@H](C)/C(O)=C3\C(=O)COC3=O)CO)O2)O1. The van der Waals surface area contributed by atoms with Crippen LogP contribution < -0.4 is 0 Å². The molecule has 1 aliphatic carbocycles. The van der Waals surface area contributed by atoms with E-state index in [1.807, 2.05) is 6.92 Å². The molecular formula is C35H54O8. The number of allylic oxidation sites excluding steroid dienone is 2. The molecule has 0 spiro atoms. The maximum Gasteiger partial charge on any atom is 0.345 e. The molecule has 1 saturated carbocycles. The Kier molecular flexibility index (Phi) is 11.7. The maximum absolute atomic E-state index is 12.3. The smallest absolute Gasteiger partial charge is 0.345 e. The summed E-state index contributed by atoms with van der Waals surface area (Å²) in [6.45, 7) is 12.3. The zero-order valence-corrected chi connectivity index (χ0v) is 27.2. The molecule has 0 bridgehead atoms. The van der Waals surface area contributed by atoms with Crippen molar-refractivity contribution < 1.29 is 38.7 Å². The van der Waals surface area contributed by atoms with Gasteiger partial charge in [0.05, 0.1) is 37.1 Å². The van der Waals surface area contributed by atoms with Crippen molar-refractivity contribution in [3.05, 3.63) is 35.1 Å². The first-order chi connectivity index (χ1) is 20.5. The molecule has 3 aliphatic heterocycles. The molecule has 12 atom stereocenters. The van der Waals surface area contributed by atoms with Gasteiger partial charge in [0.25, 0.3) is 0 Å². The predicted molar refractivity (Wildman–Crippen MR) is 164 cm³/mol. The number of methoxy groups -OCH3 is 1. The highest BCUT2D eigenvalue weighted by Gasteiger charge is 2.41. The lowest BCUT2D eigenvalue weighted by atomic mass is 9.66. The van der Waals surface area contributed by atoms with Crippen molar-refractivity contribution in [1.82, 2.24) is 0 Å². The Bertz CT molecular complexity index is 1060. The molecule has 2 unspecified atom stereocenters. The molecule has 4 fully saturated rings. The Morgan fingerprint density at radius 1 is 1.02 bits per heavy atom. The van der Waals surface area contributed by atoms with E-state index < -0.39 is 17.7 Å². The first kappa shape index (κ1) is 33.9. The molecule has 0 aromatic carbocycles. The summed E-state index contributed by atoms with van der Waals surface area (Å²) >= 11 is 0. The topological polar surface area (TPSA) is 112 Å². The second-order valence-electron chi connectivity index (χ2n) is 13.8. The second kappa shape index (κ2) is 14.9. The van der Waals surface area contributed by atoms with Crippen LogP contribution in [-0.2, 0) is 28.5 Å². The van der Waals surface area contributed by atoms with E-state index in [0.717, 1.165) is 44.1 Å². The molecule has 4 aliphatic rings. The van der Waals surface area contributed by atoms with E-state index in [0.29, 0.717) is 5.92 Å². The molecule has 0 aromatic rings. The lowest BCUT2D eigenvalue weighted by Gasteiger charge is -2.41. The van der Waals surface area contributed by atoms with Gasteiger partial charge in [-0.05, 0) is 67.8 Å². The standard InChI is InChI=1S/C35H54O8/c1-19-9-8-10-25(30(19)23(5)32(38)31-28(37)18-41-35(31)39)16-26(17-36)34-21(3)12-14-27(42-34)13-11-20(2)33-22(4)15-29(43-33)24(6)40-7/h11,13,16,19-25,27,29-30,33-34,36,38H,8-10,12,14-15,17-18H2,1-7H3/b13-11+,26-16+,32-31-/t19-,20+,21-,22+,23+,24+,25-,27-,29?,30-,33?,34-/m1/s1. The van der Waals surface area contributed by atoms with Crippen LogP contribution in [0.2, 0.25) is 0 Å². The molecule has 2 N–H and O–H groups in total. The van der Waals surface area contributed by atoms with Gasteiger partial charge >= 0.3 is 5.97 Å². The number of esters is 1. The molecule has 8 heteroatoms. The number of Topliss-reactive ketones (excluding diaryl/α,β-unsaturated/α-hetero) is 1. The van der Waals surface area contributed by atoms with Crippen LogP contribution in [0.25, 0.3) is 0 Å². The lowest BCUT2D eigenvalue weighted by Crippen LogP contribution is -2.37. The molecule has 3 saturated heterocycles. The second-order valence-corrected chi connectivity index (χ2v) is 13.8. The van der Waals surface area contributed by atoms with Gasteiger partial charge in [-0.1, -0.05) is 65.7 Å². The first-order valence-corrected chi connectivity index (χ1v) is 16.4. The van der Waals surface area contributed by atoms with Crippen LogP contribution in [0.5, 0.6) is 0 Å². The van der Waals surface area contributed by atoms with Crippen LogP contribution in [0.15, 0.2) is 35.1 Å². The molecule has 43 heavy (non-hydrogen) atoms. The van der Waals surface area contributed by atoms with Crippen LogP contribution in [0.1, 0.15) is 80.1 Å². The van der Waals surface area contributed by atoms with Gasteiger partial charge in [0, 0.05) is 18.9 Å². The summed E-state index contributed by atoms with van der Waals surface area (Å²) < 4.78 is 23.4. The van der Waals surface area contributed by atoms with Crippen LogP contribution in [0.4, 0.5) is 0 Å². The Morgan fingerprint density at radius 2 is 1.77 bits per heavy atom. The molecule has 3 heterocycles. The fourth-order valence-corrected chi connectivity index (χ4v) is 8.06. The van der Waals surface area contributed by atoms with Gasteiger partial charge in [0.15, 0.2) is 6.61 Å². The van der Waals surface area contributed by atoms with Crippen molar-refractivity contribution in [3.8, 4) is 0 Å². The van der Waals surface area contributed by atoms with Crippen molar-refractivity contribution in [2.45, 2.75) is 111 Å². The largest absolute Gasteiger partial charge is 0.511 e. The van der Waals surface area contributed by atoms with Gasteiger partial charge in [-0.2, -0.15) is 0 Å². The van der Waals surface area contributed by atoms with E-state index in [-0.39, 0.29) is 84.7 Å². The molecule has 0 amide bonds. The van der Waals surface area contributed by atoms with Crippen LogP contribution in [0.3, 0.4) is 0 Å². The van der Waals surface area contributed by atoms with Crippen molar-refractivity contribution in [2.24, 2.45) is 41.4 Å². The van der Waals surface area contributed by atoms with E-state index >= 15 is 0 Å². The van der Waals surface area contributed by atoms with Crippen molar-refractivity contribution >= 4 is 11.8 Å². The zero-order valence-electron chi connectivity index (χ0n) is 27.2. The van der Waals surface area contributed by atoms with Gasteiger partial charge in [-0.15, -0.1) is 0 Å². The average Bonchev–Trinajstić information content (AvgIpc) is 3.55. The van der Waals surface area contributed by atoms with Gasteiger partial charge in [0.2, 0.25) is 5.78 Å². The van der Waals surface area contributed by atoms with Gasteiger partial charge in [-0.25, -0.2) is 4.79 Å². The fraction of sp³-hybridized carbons (Fsp3) is 0.771. The highest BCUT2D eigenvalue weighted by atomic mass is 16.6. The number of cyclic esters (lactones) is 1. The number of carbonyl (C=O) groups is 2. The highest BCUT2D eigenvalue weighted by Crippen LogP contribution is 2.44. The highest BCUT2D eigenvalue weighted by molar-refractivity contribution is 6.22. The fourth-order valence-electron chi connectivity index (χ4n) is 8.06.